The van der Waals surface area contributed by atoms with E-state index in [-0.39, 0.29) is 0 Å². The number of pyridine rings is 1. The van der Waals surface area contributed by atoms with Crippen LogP contribution in [0.4, 0.5) is 11.4 Å². The number of aromatic amines is 1. The summed E-state index contributed by atoms with van der Waals surface area (Å²) in [6, 6.07) is 17.0. The molecule has 0 bridgehead atoms. The van der Waals surface area contributed by atoms with Gasteiger partial charge in [0.25, 0.3) is 0 Å². The van der Waals surface area contributed by atoms with Crippen molar-refractivity contribution >= 4 is 44.5 Å². The van der Waals surface area contributed by atoms with Gasteiger partial charge in [0.1, 0.15) is 5.82 Å². The SMILES string of the molecule is Cc1c(Br)cnc2nc(-c3ccc(N4CC=Cc5ccccc54)cc3)[nH]c12. The minimum absolute atomic E-state index is 0.741. The van der Waals surface area contributed by atoms with E-state index in [1.54, 1.807) is 6.20 Å². The lowest BCUT2D eigenvalue weighted by molar-refractivity contribution is 1.08. The maximum absolute atomic E-state index is 4.65. The molecule has 0 saturated carbocycles. The molecule has 0 spiro atoms. The number of hydrogen-bond donors (Lipinski definition) is 1. The highest BCUT2D eigenvalue weighted by molar-refractivity contribution is 9.10. The number of anilines is 2. The van der Waals surface area contributed by atoms with Gasteiger partial charge < -0.3 is 9.88 Å². The number of nitrogens with one attached hydrogen (secondary N) is 1. The normalized spacial score (nSPS) is 13.2. The number of para-hydroxylation sites is 1. The van der Waals surface area contributed by atoms with Gasteiger partial charge in [-0.25, -0.2) is 9.97 Å². The molecule has 132 valence electrons. The Balaban J connectivity index is 1.51. The van der Waals surface area contributed by atoms with E-state index in [1.807, 2.05) is 0 Å². The molecule has 0 atom stereocenters. The summed E-state index contributed by atoms with van der Waals surface area (Å²) in [7, 11) is 0. The molecule has 2 aromatic carbocycles. The summed E-state index contributed by atoms with van der Waals surface area (Å²) in [6.45, 7) is 2.93. The van der Waals surface area contributed by atoms with Crippen LogP contribution in [0.25, 0.3) is 28.6 Å². The molecule has 5 rings (SSSR count). The monoisotopic (exact) mass is 416 g/mol. The van der Waals surface area contributed by atoms with Crippen molar-refractivity contribution in [2.24, 2.45) is 0 Å². The van der Waals surface area contributed by atoms with Crippen molar-refractivity contribution in [3.63, 3.8) is 0 Å². The number of aromatic nitrogens is 3. The molecule has 0 amide bonds. The fourth-order valence-corrected chi connectivity index (χ4v) is 3.79. The average molecular weight is 417 g/mol. The lowest BCUT2D eigenvalue weighted by Crippen LogP contribution is -2.19. The van der Waals surface area contributed by atoms with Gasteiger partial charge >= 0.3 is 0 Å². The van der Waals surface area contributed by atoms with Crippen LogP contribution in [-0.4, -0.2) is 21.5 Å². The van der Waals surface area contributed by atoms with Crippen molar-refractivity contribution in [2.45, 2.75) is 6.92 Å². The first-order valence-corrected chi connectivity index (χ1v) is 9.64. The van der Waals surface area contributed by atoms with E-state index in [2.05, 4.69) is 103 Å². The molecular weight excluding hydrogens is 400 g/mol. The third-order valence-corrected chi connectivity index (χ3v) is 5.78. The molecule has 5 heteroatoms. The summed E-state index contributed by atoms with van der Waals surface area (Å²) in [5.41, 5.74) is 7.53. The zero-order chi connectivity index (χ0) is 18.4. The standard InChI is InChI=1S/C22H17BrN4/c1-14-18(23)13-24-22-20(14)25-21(26-22)16-8-10-17(11-9-16)27-12-4-6-15-5-2-3-7-19(15)27/h2-11,13H,12H2,1H3,(H,24,25,26). The van der Waals surface area contributed by atoms with Gasteiger partial charge in [0.2, 0.25) is 0 Å². The van der Waals surface area contributed by atoms with Crippen molar-refractivity contribution < 1.29 is 0 Å². The molecule has 1 aliphatic heterocycles. The number of benzene rings is 2. The lowest BCUT2D eigenvalue weighted by atomic mass is 10.1. The summed E-state index contributed by atoms with van der Waals surface area (Å²) in [5.74, 6) is 0.837. The van der Waals surface area contributed by atoms with Gasteiger partial charge in [-0.1, -0.05) is 30.4 Å². The molecule has 4 aromatic rings. The Labute approximate surface area is 165 Å². The van der Waals surface area contributed by atoms with E-state index in [0.717, 1.165) is 39.1 Å². The van der Waals surface area contributed by atoms with Crippen LogP contribution in [0.1, 0.15) is 11.1 Å². The van der Waals surface area contributed by atoms with E-state index in [9.17, 15) is 0 Å². The van der Waals surface area contributed by atoms with E-state index in [1.165, 1.54) is 16.9 Å². The van der Waals surface area contributed by atoms with Crippen LogP contribution >= 0.6 is 15.9 Å². The molecule has 0 fully saturated rings. The molecule has 0 unspecified atom stereocenters. The molecular formula is C22H17BrN4. The molecule has 4 nitrogen and oxygen atoms in total. The van der Waals surface area contributed by atoms with Crippen LogP contribution in [0, 0.1) is 6.92 Å². The largest absolute Gasteiger partial charge is 0.337 e. The highest BCUT2D eigenvalue weighted by Gasteiger charge is 2.15. The zero-order valence-corrected chi connectivity index (χ0v) is 16.4. The van der Waals surface area contributed by atoms with Crippen LogP contribution in [-0.2, 0) is 0 Å². The molecule has 27 heavy (non-hydrogen) atoms. The predicted molar refractivity (Wildman–Crippen MR) is 114 cm³/mol. The van der Waals surface area contributed by atoms with Crippen molar-refractivity contribution in [1.82, 2.24) is 15.0 Å². The van der Waals surface area contributed by atoms with Crippen LogP contribution in [0.15, 0.2) is 65.3 Å². The minimum Gasteiger partial charge on any atom is -0.337 e. The average Bonchev–Trinajstić information content (AvgIpc) is 3.16. The number of imidazole rings is 1. The number of fused-ring (bicyclic) bond motifs is 2. The third-order valence-electron chi connectivity index (χ3n) is 4.98. The Morgan fingerprint density at radius 2 is 1.89 bits per heavy atom. The van der Waals surface area contributed by atoms with Crippen molar-refractivity contribution in [3.05, 3.63) is 76.4 Å². The number of aryl methyl sites for hydroxylation is 1. The Morgan fingerprint density at radius 3 is 2.74 bits per heavy atom. The first-order chi connectivity index (χ1) is 13.2. The van der Waals surface area contributed by atoms with Crippen LogP contribution in [0.2, 0.25) is 0 Å². The highest BCUT2D eigenvalue weighted by atomic mass is 79.9. The Kier molecular flexibility index (Phi) is 3.83. The Bertz CT molecular complexity index is 1170. The van der Waals surface area contributed by atoms with Crippen molar-refractivity contribution in [2.75, 3.05) is 11.4 Å². The molecule has 0 aliphatic carbocycles. The van der Waals surface area contributed by atoms with Crippen LogP contribution in [0.3, 0.4) is 0 Å². The number of hydrogen-bond acceptors (Lipinski definition) is 3. The molecule has 0 saturated heterocycles. The minimum atomic E-state index is 0.741. The summed E-state index contributed by atoms with van der Waals surface area (Å²) < 4.78 is 0.984. The molecule has 3 heterocycles. The maximum atomic E-state index is 4.65. The number of halogens is 1. The second-order valence-electron chi connectivity index (χ2n) is 6.63. The van der Waals surface area contributed by atoms with Gasteiger partial charge in [0, 0.05) is 34.2 Å². The molecule has 1 aliphatic rings. The maximum Gasteiger partial charge on any atom is 0.178 e. The molecule has 1 N–H and O–H groups in total. The van der Waals surface area contributed by atoms with E-state index < -0.39 is 0 Å². The van der Waals surface area contributed by atoms with E-state index in [4.69, 9.17) is 0 Å². The number of rotatable bonds is 2. The molecule has 0 radical (unpaired) electrons. The van der Waals surface area contributed by atoms with Gasteiger partial charge in [-0.2, -0.15) is 0 Å². The first-order valence-electron chi connectivity index (χ1n) is 8.85. The van der Waals surface area contributed by atoms with Crippen molar-refractivity contribution in [3.8, 4) is 11.4 Å². The van der Waals surface area contributed by atoms with Crippen LogP contribution < -0.4 is 4.90 Å². The quantitative estimate of drug-likeness (QED) is 0.444. The predicted octanol–water partition coefficient (Wildman–Crippen LogP) is 5.86. The summed E-state index contributed by atoms with van der Waals surface area (Å²) in [4.78, 5) is 14.8. The summed E-state index contributed by atoms with van der Waals surface area (Å²) in [6.07, 6.45) is 6.18. The first kappa shape index (κ1) is 16.3. The number of nitrogens with zero attached hydrogens (tertiary/aromatic N) is 3. The van der Waals surface area contributed by atoms with E-state index in [0.29, 0.717) is 0 Å². The van der Waals surface area contributed by atoms with Crippen LogP contribution in [0.5, 0.6) is 0 Å². The topological polar surface area (TPSA) is 44.8 Å². The van der Waals surface area contributed by atoms with Gasteiger partial charge in [-0.05, 0) is 64.3 Å². The smallest absolute Gasteiger partial charge is 0.178 e. The fraction of sp³-hybridized carbons (Fsp3) is 0.0909. The van der Waals surface area contributed by atoms with Gasteiger partial charge in [-0.15, -0.1) is 0 Å². The van der Waals surface area contributed by atoms with E-state index >= 15 is 0 Å². The van der Waals surface area contributed by atoms with Gasteiger partial charge in [-0.3, -0.25) is 0 Å². The Hall–Kier alpha value is -2.92. The fourth-order valence-electron chi connectivity index (χ4n) is 3.49. The summed E-state index contributed by atoms with van der Waals surface area (Å²) >= 11 is 3.53. The molecule has 2 aromatic heterocycles. The highest BCUT2D eigenvalue weighted by Crippen LogP contribution is 2.33. The van der Waals surface area contributed by atoms with Gasteiger partial charge in [0.15, 0.2) is 5.65 Å². The number of H-pyrrole nitrogens is 1. The lowest BCUT2D eigenvalue weighted by Gasteiger charge is -2.28. The second-order valence-corrected chi connectivity index (χ2v) is 7.49. The zero-order valence-electron chi connectivity index (χ0n) is 14.8. The summed E-state index contributed by atoms with van der Waals surface area (Å²) in [5, 5.41) is 0. The third kappa shape index (κ3) is 2.75. The van der Waals surface area contributed by atoms with Gasteiger partial charge in [0.05, 0.1) is 5.52 Å². The Morgan fingerprint density at radius 1 is 1.07 bits per heavy atom. The second kappa shape index (κ2) is 6.35. The van der Waals surface area contributed by atoms with Crippen molar-refractivity contribution in [1.29, 1.82) is 0 Å².